The molecule has 0 amide bonds. The monoisotopic (exact) mass is 224 g/mol. The maximum atomic E-state index is 11.1. The molecule has 2 bridgehead atoms. The van der Waals surface area contributed by atoms with Crippen LogP contribution in [0.25, 0.3) is 0 Å². The third-order valence-corrected chi connectivity index (χ3v) is 5.00. The van der Waals surface area contributed by atoms with Crippen molar-refractivity contribution >= 4 is 5.97 Å². The van der Waals surface area contributed by atoms with Gasteiger partial charge in [-0.3, -0.25) is 0 Å². The quantitative estimate of drug-likeness (QED) is 0.706. The average molecular weight is 224 g/mol. The molecule has 3 fully saturated rings. The van der Waals surface area contributed by atoms with Gasteiger partial charge in [0.05, 0.1) is 0 Å². The van der Waals surface area contributed by atoms with Crippen LogP contribution in [0.1, 0.15) is 33.6 Å². The molecule has 0 aliphatic heterocycles. The van der Waals surface area contributed by atoms with Crippen LogP contribution in [0.2, 0.25) is 0 Å². The van der Waals surface area contributed by atoms with E-state index in [0.29, 0.717) is 11.8 Å². The Kier molecular flexibility index (Phi) is 2.26. The second-order valence-corrected chi connectivity index (χ2v) is 6.12. The second-order valence-electron chi connectivity index (χ2n) is 6.12. The molecule has 3 rings (SSSR count). The van der Waals surface area contributed by atoms with Gasteiger partial charge in [0.1, 0.15) is 0 Å². The first kappa shape index (κ1) is 11.6. The number of carboxylic acid groups (broad SMARTS) is 1. The molecule has 3 saturated carbocycles. The fourth-order valence-electron chi connectivity index (χ4n) is 3.46. The van der Waals surface area contributed by atoms with Crippen molar-refractivity contribution in [1.29, 1.82) is 0 Å². The SMILES string of the molecule is C=C1[C@@H]2C[C@H](C[C@@H]1[C@@](C)(O)C(=O)O)C2(C)C. The van der Waals surface area contributed by atoms with Crippen LogP contribution in [0, 0.1) is 23.2 Å². The van der Waals surface area contributed by atoms with E-state index in [0.717, 1.165) is 18.4 Å². The highest BCUT2D eigenvalue weighted by Crippen LogP contribution is 2.63. The zero-order chi connectivity index (χ0) is 12.3. The Hall–Kier alpha value is -0.830. The molecule has 0 aromatic heterocycles. The van der Waals surface area contributed by atoms with Gasteiger partial charge in [-0.1, -0.05) is 26.0 Å². The lowest BCUT2D eigenvalue weighted by Gasteiger charge is -2.61. The van der Waals surface area contributed by atoms with Gasteiger partial charge in [-0.15, -0.1) is 0 Å². The van der Waals surface area contributed by atoms with Crippen LogP contribution in [0.15, 0.2) is 12.2 Å². The highest BCUT2D eigenvalue weighted by atomic mass is 16.4. The molecule has 4 atom stereocenters. The number of hydrogen-bond donors (Lipinski definition) is 2. The minimum atomic E-state index is -1.66. The Morgan fingerprint density at radius 3 is 2.44 bits per heavy atom. The number of aliphatic hydroxyl groups is 1. The molecule has 3 aliphatic rings. The number of rotatable bonds is 2. The summed E-state index contributed by atoms with van der Waals surface area (Å²) in [5.74, 6) is -0.527. The summed E-state index contributed by atoms with van der Waals surface area (Å²) >= 11 is 0. The number of carboxylic acids is 1. The normalized spacial score (nSPS) is 39.8. The van der Waals surface area contributed by atoms with Crippen molar-refractivity contribution in [3.8, 4) is 0 Å². The van der Waals surface area contributed by atoms with Gasteiger partial charge in [-0.2, -0.15) is 0 Å². The first-order chi connectivity index (χ1) is 7.19. The van der Waals surface area contributed by atoms with Gasteiger partial charge in [-0.25, -0.2) is 4.79 Å². The van der Waals surface area contributed by atoms with Crippen molar-refractivity contribution in [2.75, 3.05) is 0 Å². The zero-order valence-corrected chi connectivity index (χ0v) is 10.2. The van der Waals surface area contributed by atoms with Crippen LogP contribution < -0.4 is 0 Å². The number of carbonyl (C=O) groups is 1. The summed E-state index contributed by atoms with van der Waals surface area (Å²) in [5.41, 5.74) is -0.493. The minimum Gasteiger partial charge on any atom is -0.479 e. The molecular formula is C13H20O3. The van der Waals surface area contributed by atoms with E-state index in [1.54, 1.807) is 0 Å². The van der Waals surface area contributed by atoms with Gasteiger partial charge in [0.15, 0.2) is 5.60 Å². The lowest BCUT2D eigenvalue weighted by Crippen LogP contribution is -2.57. The average Bonchev–Trinajstić information content (AvgIpc) is 2.16. The summed E-state index contributed by atoms with van der Waals surface area (Å²) in [7, 11) is 0. The second kappa shape index (κ2) is 3.10. The standard InChI is InChI=1S/C13H20O3/c1-7-9-5-8(12(9,2)3)6-10(7)13(4,16)11(14)15/h8-10,16H,1,5-6H2,2-4H3,(H,14,15)/t8-,9+,10+,13-/m1/s1. The molecular weight excluding hydrogens is 204 g/mol. The number of fused-ring (bicyclic) bond motifs is 2. The Morgan fingerprint density at radius 1 is 1.50 bits per heavy atom. The molecule has 90 valence electrons. The molecule has 0 unspecified atom stereocenters. The highest BCUT2D eigenvalue weighted by molar-refractivity contribution is 5.77. The minimum absolute atomic E-state index is 0.238. The fourth-order valence-corrected chi connectivity index (χ4v) is 3.46. The fraction of sp³-hybridized carbons (Fsp3) is 0.769. The van der Waals surface area contributed by atoms with E-state index in [2.05, 4.69) is 20.4 Å². The summed E-state index contributed by atoms with van der Waals surface area (Å²) in [5, 5.41) is 19.1. The predicted octanol–water partition coefficient (Wildman–Crippen LogP) is 2.06. The highest BCUT2D eigenvalue weighted by Gasteiger charge is 2.59. The lowest BCUT2D eigenvalue weighted by atomic mass is 9.44. The van der Waals surface area contributed by atoms with Crippen LogP contribution in [-0.4, -0.2) is 21.8 Å². The van der Waals surface area contributed by atoms with Crippen LogP contribution in [0.3, 0.4) is 0 Å². The van der Waals surface area contributed by atoms with Crippen molar-refractivity contribution < 1.29 is 15.0 Å². The smallest absolute Gasteiger partial charge is 0.336 e. The van der Waals surface area contributed by atoms with Gasteiger partial charge < -0.3 is 10.2 Å². The molecule has 3 aliphatic carbocycles. The largest absolute Gasteiger partial charge is 0.479 e. The summed E-state index contributed by atoms with van der Waals surface area (Å²) in [6.07, 6.45) is 1.86. The van der Waals surface area contributed by atoms with E-state index in [4.69, 9.17) is 5.11 Å². The zero-order valence-electron chi connectivity index (χ0n) is 10.2. The Balaban J connectivity index is 2.24. The third-order valence-electron chi connectivity index (χ3n) is 5.00. The molecule has 3 nitrogen and oxygen atoms in total. The van der Waals surface area contributed by atoms with Gasteiger partial charge in [0, 0.05) is 5.92 Å². The molecule has 16 heavy (non-hydrogen) atoms. The van der Waals surface area contributed by atoms with Crippen LogP contribution in [-0.2, 0) is 4.79 Å². The van der Waals surface area contributed by atoms with Crippen molar-refractivity contribution in [1.82, 2.24) is 0 Å². The molecule has 0 saturated heterocycles. The summed E-state index contributed by atoms with van der Waals surface area (Å²) in [6, 6.07) is 0. The van der Waals surface area contributed by atoms with E-state index in [1.807, 2.05) is 0 Å². The van der Waals surface area contributed by atoms with E-state index < -0.39 is 11.6 Å². The maximum absolute atomic E-state index is 11.1. The van der Waals surface area contributed by atoms with Gasteiger partial charge in [0.25, 0.3) is 0 Å². The van der Waals surface area contributed by atoms with Crippen molar-refractivity contribution in [3.05, 3.63) is 12.2 Å². The van der Waals surface area contributed by atoms with Crippen LogP contribution >= 0.6 is 0 Å². The van der Waals surface area contributed by atoms with Gasteiger partial charge in [-0.05, 0) is 37.0 Å². The summed E-state index contributed by atoms with van der Waals surface area (Å²) in [6.45, 7) is 9.85. The molecule has 0 aromatic rings. The van der Waals surface area contributed by atoms with E-state index >= 15 is 0 Å². The Bertz CT molecular complexity index is 354. The first-order valence-electron chi connectivity index (χ1n) is 5.83. The van der Waals surface area contributed by atoms with Gasteiger partial charge in [0.2, 0.25) is 0 Å². The molecule has 0 aromatic carbocycles. The van der Waals surface area contributed by atoms with Crippen LogP contribution in [0.4, 0.5) is 0 Å². The Labute approximate surface area is 96.2 Å². The molecule has 3 heteroatoms. The first-order valence-corrected chi connectivity index (χ1v) is 5.83. The lowest BCUT2D eigenvalue weighted by molar-refractivity contribution is -0.168. The van der Waals surface area contributed by atoms with Crippen LogP contribution in [0.5, 0.6) is 0 Å². The Morgan fingerprint density at radius 2 is 2.06 bits per heavy atom. The van der Waals surface area contributed by atoms with Crippen molar-refractivity contribution in [3.63, 3.8) is 0 Å². The maximum Gasteiger partial charge on any atom is 0.336 e. The predicted molar refractivity (Wildman–Crippen MR) is 60.9 cm³/mol. The molecule has 2 N–H and O–H groups in total. The molecule has 0 radical (unpaired) electrons. The third kappa shape index (κ3) is 1.27. The molecule has 0 heterocycles. The topological polar surface area (TPSA) is 57.5 Å². The number of hydrogen-bond acceptors (Lipinski definition) is 2. The van der Waals surface area contributed by atoms with Gasteiger partial charge >= 0.3 is 5.97 Å². The summed E-state index contributed by atoms with van der Waals surface area (Å²) < 4.78 is 0. The number of aliphatic carboxylic acids is 1. The van der Waals surface area contributed by atoms with Crippen molar-refractivity contribution in [2.24, 2.45) is 23.2 Å². The van der Waals surface area contributed by atoms with E-state index in [9.17, 15) is 9.90 Å². The van der Waals surface area contributed by atoms with Crippen molar-refractivity contribution in [2.45, 2.75) is 39.2 Å². The molecule has 0 spiro atoms. The van der Waals surface area contributed by atoms with E-state index in [-0.39, 0.29) is 11.3 Å². The van der Waals surface area contributed by atoms with E-state index in [1.165, 1.54) is 6.92 Å². The summed E-state index contributed by atoms with van der Waals surface area (Å²) in [4.78, 5) is 11.1.